The maximum Gasteiger partial charge on any atom is -0.00806 e. The van der Waals surface area contributed by atoms with Gasteiger partial charge in [-0.2, -0.15) is 0 Å². The monoisotopic (exact) mass is 142 g/mol. The van der Waals surface area contributed by atoms with Gasteiger partial charge in [-0.25, -0.2) is 0 Å². The fourth-order valence-electron chi connectivity index (χ4n) is 2.32. The molecule has 1 aromatic carbocycles. The van der Waals surface area contributed by atoms with E-state index in [1.807, 2.05) is 0 Å². The molecule has 2 aliphatic rings. The lowest BCUT2D eigenvalue weighted by atomic mass is 9.97. The summed E-state index contributed by atoms with van der Waals surface area (Å²) in [5, 5.41) is 0. The third kappa shape index (κ3) is 0.597. The largest absolute Gasteiger partial charge is 0.0801 e. The fraction of sp³-hybridized carbons (Fsp3) is 0.273. The van der Waals surface area contributed by atoms with E-state index in [2.05, 4.69) is 30.3 Å². The molecule has 0 spiro atoms. The second-order valence-electron chi connectivity index (χ2n) is 3.45. The Kier molecular flexibility index (Phi) is 0.894. The average Bonchev–Trinajstić information content (AvgIpc) is 2.64. The van der Waals surface area contributed by atoms with E-state index in [0.717, 1.165) is 5.92 Å². The highest BCUT2D eigenvalue weighted by Gasteiger charge is 2.29. The van der Waals surface area contributed by atoms with Crippen molar-refractivity contribution < 1.29 is 0 Å². The SMILES string of the molecule is C1=C2CC(C1)c1ccccc12. The first-order valence-corrected chi connectivity index (χ1v) is 4.23. The minimum absolute atomic E-state index is 0.834. The minimum atomic E-state index is 0.834. The van der Waals surface area contributed by atoms with Gasteiger partial charge in [-0.15, -0.1) is 0 Å². The highest BCUT2D eigenvalue weighted by molar-refractivity contribution is 5.76. The van der Waals surface area contributed by atoms with Crippen molar-refractivity contribution >= 4 is 5.57 Å². The van der Waals surface area contributed by atoms with Crippen molar-refractivity contribution in [3.63, 3.8) is 0 Å². The van der Waals surface area contributed by atoms with Crippen LogP contribution in [0.15, 0.2) is 30.3 Å². The van der Waals surface area contributed by atoms with Crippen LogP contribution in [0, 0.1) is 0 Å². The van der Waals surface area contributed by atoms with Crippen LogP contribution in [0.5, 0.6) is 0 Å². The van der Waals surface area contributed by atoms with E-state index in [0.29, 0.717) is 0 Å². The molecule has 3 rings (SSSR count). The first kappa shape index (κ1) is 5.59. The van der Waals surface area contributed by atoms with Gasteiger partial charge in [0.25, 0.3) is 0 Å². The number of fused-ring (bicyclic) bond motifs is 5. The molecule has 1 aromatic rings. The molecule has 2 aliphatic carbocycles. The van der Waals surface area contributed by atoms with Gasteiger partial charge < -0.3 is 0 Å². The Balaban J connectivity index is 2.33. The summed E-state index contributed by atoms with van der Waals surface area (Å²) in [4.78, 5) is 0. The Morgan fingerprint density at radius 2 is 2.09 bits per heavy atom. The highest BCUT2D eigenvalue weighted by Crippen LogP contribution is 2.48. The first-order chi connectivity index (χ1) is 5.45. The summed E-state index contributed by atoms with van der Waals surface area (Å²) < 4.78 is 0. The van der Waals surface area contributed by atoms with Crippen LogP contribution in [0.1, 0.15) is 29.9 Å². The standard InChI is InChI=1S/C11H10/c1-2-4-11-9-6-5-8(7-9)10(11)3-1/h1-5,9H,6-7H2. The molecule has 0 heteroatoms. The van der Waals surface area contributed by atoms with E-state index in [9.17, 15) is 0 Å². The molecule has 1 unspecified atom stereocenters. The molecule has 0 amide bonds. The van der Waals surface area contributed by atoms with Crippen LogP contribution in [0.3, 0.4) is 0 Å². The van der Waals surface area contributed by atoms with Gasteiger partial charge in [0, 0.05) is 0 Å². The zero-order valence-corrected chi connectivity index (χ0v) is 6.38. The van der Waals surface area contributed by atoms with Gasteiger partial charge in [0.05, 0.1) is 0 Å². The fourth-order valence-corrected chi connectivity index (χ4v) is 2.32. The molecule has 0 aliphatic heterocycles. The molecule has 2 bridgehead atoms. The third-order valence-electron chi connectivity index (χ3n) is 2.86. The normalized spacial score (nSPS) is 25.1. The van der Waals surface area contributed by atoms with Crippen molar-refractivity contribution in [2.75, 3.05) is 0 Å². The Morgan fingerprint density at radius 3 is 3.00 bits per heavy atom. The molecule has 0 saturated heterocycles. The predicted octanol–water partition coefficient (Wildman–Crippen LogP) is 2.96. The summed E-state index contributed by atoms with van der Waals surface area (Å²) in [5.74, 6) is 0.834. The molecule has 54 valence electrons. The molecule has 0 radical (unpaired) electrons. The van der Waals surface area contributed by atoms with E-state index in [1.165, 1.54) is 18.4 Å². The summed E-state index contributed by atoms with van der Waals surface area (Å²) in [6.07, 6.45) is 4.98. The highest BCUT2D eigenvalue weighted by atomic mass is 14.3. The van der Waals surface area contributed by atoms with Crippen molar-refractivity contribution in [2.24, 2.45) is 0 Å². The molecule has 0 heterocycles. The van der Waals surface area contributed by atoms with Crippen LogP contribution in [0.4, 0.5) is 0 Å². The summed E-state index contributed by atoms with van der Waals surface area (Å²) in [5.41, 5.74) is 4.69. The zero-order chi connectivity index (χ0) is 7.26. The molecule has 11 heavy (non-hydrogen) atoms. The molecule has 0 fully saturated rings. The topological polar surface area (TPSA) is 0 Å². The first-order valence-electron chi connectivity index (χ1n) is 4.23. The Bertz CT molecular complexity index is 334. The van der Waals surface area contributed by atoms with E-state index in [4.69, 9.17) is 0 Å². The molecule has 0 saturated carbocycles. The second kappa shape index (κ2) is 1.76. The van der Waals surface area contributed by atoms with E-state index in [1.54, 1.807) is 11.1 Å². The van der Waals surface area contributed by atoms with Gasteiger partial charge in [0.1, 0.15) is 0 Å². The van der Waals surface area contributed by atoms with Crippen LogP contribution < -0.4 is 0 Å². The minimum Gasteiger partial charge on any atom is -0.0801 e. The van der Waals surface area contributed by atoms with E-state index in [-0.39, 0.29) is 0 Å². The Labute approximate surface area is 66.6 Å². The molecule has 0 nitrogen and oxygen atoms in total. The number of hydrogen-bond donors (Lipinski definition) is 0. The molecular formula is C11H10. The van der Waals surface area contributed by atoms with Gasteiger partial charge in [0.15, 0.2) is 0 Å². The van der Waals surface area contributed by atoms with E-state index >= 15 is 0 Å². The Hall–Kier alpha value is -1.04. The van der Waals surface area contributed by atoms with Gasteiger partial charge >= 0.3 is 0 Å². The lowest BCUT2D eigenvalue weighted by Gasteiger charge is -2.08. The molecular weight excluding hydrogens is 132 g/mol. The number of benzene rings is 1. The predicted molar refractivity (Wildman–Crippen MR) is 46.4 cm³/mol. The van der Waals surface area contributed by atoms with Crippen molar-refractivity contribution in [3.8, 4) is 0 Å². The van der Waals surface area contributed by atoms with Crippen molar-refractivity contribution in [3.05, 3.63) is 41.5 Å². The van der Waals surface area contributed by atoms with Crippen molar-refractivity contribution in [1.82, 2.24) is 0 Å². The van der Waals surface area contributed by atoms with Gasteiger partial charge in [-0.1, -0.05) is 30.3 Å². The average molecular weight is 142 g/mol. The van der Waals surface area contributed by atoms with Gasteiger partial charge in [-0.3, -0.25) is 0 Å². The summed E-state index contributed by atoms with van der Waals surface area (Å²) in [7, 11) is 0. The van der Waals surface area contributed by atoms with Crippen molar-refractivity contribution in [2.45, 2.75) is 18.8 Å². The summed E-state index contributed by atoms with van der Waals surface area (Å²) >= 11 is 0. The maximum absolute atomic E-state index is 2.40. The van der Waals surface area contributed by atoms with Gasteiger partial charge in [-0.05, 0) is 35.5 Å². The Morgan fingerprint density at radius 1 is 1.18 bits per heavy atom. The smallest absolute Gasteiger partial charge is 0.00806 e. The maximum atomic E-state index is 2.40. The lowest BCUT2D eigenvalue weighted by molar-refractivity contribution is 0.779. The van der Waals surface area contributed by atoms with E-state index < -0.39 is 0 Å². The summed E-state index contributed by atoms with van der Waals surface area (Å²) in [6.45, 7) is 0. The lowest BCUT2D eigenvalue weighted by Crippen LogP contribution is -1.90. The molecule has 0 aromatic heterocycles. The molecule has 0 N–H and O–H groups in total. The van der Waals surface area contributed by atoms with Crippen LogP contribution in [-0.4, -0.2) is 0 Å². The molecule has 1 atom stereocenters. The van der Waals surface area contributed by atoms with Gasteiger partial charge in [0.2, 0.25) is 0 Å². The van der Waals surface area contributed by atoms with Crippen LogP contribution in [-0.2, 0) is 0 Å². The van der Waals surface area contributed by atoms with Crippen LogP contribution in [0.2, 0.25) is 0 Å². The van der Waals surface area contributed by atoms with Crippen molar-refractivity contribution in [1.29, 1.82) is 0 Å². The number of hydrogen-bond acceptors (Lipinski definition) is 0. The van der Waals surface area contributed by atoms with Crippen LogP contribution >= 0.6 is 0 Å². The number of allylic oxidation sites excluding steroid dienone is 2. The quantitative estimate of drug-likeness (QED) is 0.522. The summed E-state index contributed by atoms with van der Waals surface area (Å²) in [6, 6.07) is 8.82. The zero-order valence-electron chi connectivity index (χ0n) is 6.38. The van der Waals surface area contributed by atoms with Crippen LogP contribution in [0.25, 0.3) is 5.57 Å². The second-order valence-corrected chi connectivity index (χ2v) is 3.45. The third-order valence-corrected chi connectivity index (χ3v) is 2.86. The number of rotatable bonds is 0.